The van der Waals surface area contributed by atoms with E-state index in [4.69, 9.17) is 11.6 Å². The van der Waals surface area contributed by atoms with Gasteiger partial charge in [0, 0.05) is 6.20 Å². The number of amides is 1. The standard InChI is InChI=1S/C11H14ClN3O/c1-7-4-6-13-9(7)11(16)15-10-8(12)3-2-5-14-10/h2-3,5,7,9,13H,4,6H2,1H3,(H,14,15,16). The normalized spacial score (nSPS) is 24.4. The third kappa shape index (κ3) is 2.33. The van der Waals surface area contributed by atoms with Gasteiger partial charge >= 0.3 is 0 Å². The van der Waals surface area contributed by atoms with Crippen LogP contribution in [0.15, 0.2) is 18.3 Å². The molecule has 1 aromatic rings. The maximum Gasteiger partial charge on any atom is 0.242 e. The molecule has 1 amide bonds. The summed E-state index contributed by atoms with van der Waals surface area (Å²) in [5.41, 5.74) is 0. The summed E-state index contributed by atoms with van der Waals surface area (Å²) in [6.45, 7) is 2.94. The highest BCUT2D eigenvalue weighted by Gasteiger charge is 2.29. The van der Waals surface area contributed by atoms with Crippen molar-refractivity contribution in [3.05, 3.63) is 23.4 Å². The number of carbonyl (C=O) groups excluding carboxylic acids is 1. The van der Waals surface area contributed by atoms with E-state index in [9.17, 15) is 4.79 Å². The molecule has 2 rings (SSSR count). The highest BCUT2D eigenvalue weighted by molar-refractivity contribution is 6.33. The summed E-state index contributed by atoms with van der Waals surface area (Å²) >= 11 is 5.91. The monoisotopic (exact) mass is 239 g/mol. The molecule has 4 nitrogen and oxygen atoms in total. The highest BCUT2D eigenvalue weighted by atomic mass is 35.5. The Morgan fingerprint density at radius 2 is 2.50 bits per heavy atom. The maximum atomic E-state index is 11.9. The van der Waals surface area contributed by atoms with E-state index in [-0.39, 0.29) is 11.9 Å². The molecule has 1 saturated heterocycles. The van der Waals surface area contributed by atoms with Gasteiger partial charge in [-0.3, -0.25) is 4.79 Å². The zero-order chi connectivity index (χ0) is 11.5. The van der Waals surface area contributed by atoms with Crippen molar-refractivity contribution in [1.29, 1.82) is 0 Å². The molecule has 2 heterocycles. The second kappa shape index (κ2) is 4.80. The molecule has 5 heteroatoms. The molecule has 86 valence electrons. The smallest absolute Gasteiger partial charge is 0.242 e. The molecule has 1 aliphatic rings. The van der Waals surface area contributed by atoms with Crippen molar-refractivity contribution in [3.63, 3.8) is 0 Å². The molecular weight excluding hydrogens is 226 g/mol. The molecule has 0 saturated carbocycles. The SMILES string of the molecule is CC1CCNC1C(=O)Nc1ncccc1Cl. The van der Waals surface area contributed by atoms with Crippen LogP contribution in [0.25, 0.3) is 0 Å². The zero-order valence-corrected chi connectivity index (χ0v) is 9.79. The summed E-state index contributed by atoms with van der Waals surface area (Å²) in [5.74, 6) is 0.711. The second-order valence-corrected chi connectivity index (χ2v) is 4.43. The number of hydrogen-bond donors (Lipinski definition) is 2. The van der Waals surface area contributed by atoms with Crippen molar-refractivity contribution < 1.29 is 4.79 Å². The molecule has 1 fully saturated rings. The average Bonchev–Trinajstić information content (AvgIpc) is 2.68. The topological polar surface area (TPSA) is 54.0 Å². The first kappa shape index (κ1) is 11.4. The minimum Gasteiger partial charge on any atom is -0.308 e. The number of nitrogens with one attached hydrogen (secondary N) is 2. The number of halogens is 1. The third-order valence-corrected chi connectivity index (χ3v) is 3.12. The van der Waals surface area contributed by atoms with Gasteiger partial charge in [0.05, 0.1) is 11.1 Å². The van der Waals surface area contributed by atoms with Crippen LogP contribution in [0.4, 0.5) is 5.82 Å². The van der Waals surface area contributed by atoms with Gasteiger partial charge in [-0.15, -0.1) is 0 Å². The predicted molar refractivity (Wildman–Crippen MR) is 63.4 cm³/mol. The van der Waals surface area contributed by atoms with Crippen molar-refractivity contribution in [2.45, 2.75) is 19.4 Å². The largest absolute Gasteiger partial charge is 0.308 e. The first-order valence-electron chi connectivity index (χ1n) is 5.33. The lowest BCUT2D eigenvalue weighted by atomic mass is 10.0. The van der Waals surface area contributed by atoms with Gasteiger partial charge in [0.15, 0.2) is 5.82 Å². The maximum absolute atomic E-state index is 11.9. The van der Waals surface area contributed by atoms with Crippen LogP contribution >= 0.6 is 11.6 Å². The minimum absolute atomic E-state index is 0.0643. The summed E-state index contributed by atoms with van der Waals surface area (Å²) in [5, 5.41) is 6.36. The highest BCUT2D eigenvalue weighted by Crippen LogP contribution is 2.20. The Morgan fingerprint density at radius 3 is 3.12 bits per heavy atom. The first-order chi connectivity index (χ1) is 7.68. The minimum atomic E-state index is -0.141. The van der Waals surface area contributed by atoms with E-state index < -0.39 is 0 Å². The van der Waals surface area contributed by atoms with E-state index in [0.29, 0.717) is 16.8 Å². The molecule has 2 N–H and O–H groups in total. The Labute approximate surface area is 99.4 Å². The Bertz CT molecular complexity index is 397. The van der Waals surface area contributed by atoms with E-state index in [1.807, 2.05) is 0 Å². The average molecular weight is 240 g/mol. The number of nitrogens with zero attached hydrogens (tertiary/aromatic N) is 1. The van der Waals surface area contributed by atoms with Gasteiger partial charge in [-0.2, -0.15) is 0 Å². The van der Waals surface area contributed by atoms with E-state index in [2.05, 4.69) is 22.5 Å². The lowest BCUT2D eigenvalue weighted by Crippen LogP contribution is -2.39. The predicted octanol–water partition coefficient (Wildman–Crippen LogP) is 1.67. The van der Waals surface area contributed by atoms with Gasteiger partial charge in [0.1, 0.15) is 0 Å². The third-order valence-electron chi connectivity index (χ3n) is 2.82. The van der Waals surface area contributed by atoms with E-state index in [0.717, 1.165) is 13.0 Å². The molecular formula is C11H14ClN3O. The molecule has 0 spiro atoms. The summed E-state index contributed by atoms with van der Waals surface area (Å²) in [6, 6.07) is 3.29. The van der Waals surface area contributed by atoms with Crippen molar-refractivity contribution in [2.24, 2.45) is 5.92 Å². The fraction of sp³-hybridized carbons (Fsp3) is 0.455. The lowest BCUT2D eigenvalue weighted by Gasteiger charge is -2.15. The van der Waals surface area contributed by atoms with Crippen LogP contribution in [-0.2, 0) is 4.79 Å². The van der Waals surface area contributed by atoms with Crippen LogP contribution in [-0.4, -0.2) is 23.5 Å². The molecule has 1 aliphatic heterocycles. The molecule has 16 heavy (non-hydrogen) atoms. The number of hydrogen-bond acceptors (Lipinski definition) is 3. The summed E-state index contributed by atoms with van der Waals surface area (Å²) < 4.78 is 0. The van der Waals surface area contributed by atoms with Gasteiger partial charge in [-0.05, 0) is 31.0 Å². The molecule has 0 bridgehead atoms. The Kier molecular flexibility index (Phi) is 3.41. The fourth-order valence-electron chi connectivity index (χ4n) is 1.86. The summed E-state index contributed by atoms with van der Waals surface area (Å²) in [4.78, 5) is 15.9. The Hall–Kier alpha value is -1.13. The Morgan fingerprint density at radius 1 is 1.69 bits per heavy atom. The van der Waals surface area contributed by atoms with Crippen LogP contribution < -0.4 is 10.6 Å². The number of anilines is 1. The van der Waals surface area contributed by atoms with E-state index in [1.54, 1.807) is 18.3 Å². The van der Waals surface area contributed by atoms with Crippen molar-refractivity contribution in [2.75, 3.05) is 11.9 Å². The van der Waals surface area contributed by atoms with Crippen LogP contribution in [0.1, 0.15) is 13.3 Å². The van der Waals surface area contributed by atoms with Crippen molar-refractivity contribution in [1.82, 2.24) is 10.3 Å². The number of aromatic nitrogens is 1. The van der Waals surface area contributed by atoms with Gasteiger partial charge in [0.2, 0.25) is 5.91 Å². The van der Waals surface area contributed by atoms with Gasteiger partial charge < -0.3 is 10.6 Å². The number of carbonyl (C=O) groups is 1. The molecule has 2 unspecified atom stereocenters. The number of pyridine rings is 1. The lowest BCUT2D eigenvalue weighted by molar-refractivity contribution is -0.118. The first-order valence-corrected chi connectivity index (χ1v) is 5.71. The quantitative estimate of drug-likeness (QED) is 0.826. The van der Waals surface area contributed by atoms with Crippen LogP contribution in [0, 0.1) is 5.92 Å². The summed E-state index contributed by atoms with van der Waals surface area (Å²) in [7, 11) is 0. The Balaban J connectivity index is 2.05. The van der Waals surface area contributed by atoms with Crippen molar-refractivity contribution >= 4 is 23.3 Å². The van der Waals surface area contributed by atoms with Crippen LogP contribution in [0.2, 0.25) is 5.02 Å². The van der Waals surface area contributed by atoms with Gasteiger partial charge in [-0.1, -0.05) is 18.5 Å². The van der Waals surface area contributed by atoms with Crippen molar-refractivity contribution in [3.8, 4) is 0 Å². The van der Waals surface area contributed by atoms with E-state index in [1.165, 1.54) is 0 Å². The second-order valence-electron chi connectivity index (χ2n) is 4.02. The summed E-state index contributed by atoms with van der Waals surface area (Å²) in [6.07, 6.45) is 2.63. The zero-order valence-electron chi connectivity index (χ0n) is 9.03. The molecule has 0 aromatic carbocycles. The fourth-order valence-corrected chi connectivity index (χ4v) is 2.03. The molecule has 0 radical (unpaired) electrons. The molecule has 1 aromatic heterocycles. The molecule has 2 atom stereocenters. The van der Waals surface area contributed by atoms with Gasteiger partial charge in [-0.25, -0.2) is 4.98 Å². The number of rotatable bonds is 2. The van der Waals surface area contributed by atoms with Crippen LogP contribution in [0.3, 0.4) is 0 Å². The van der Waals surface area contributed by atoms with E-state index >= 15 is 0 Å². The molecule has 0 aliphatic carbocycles. The van der Waals surface area contributed by atoms with Crippen LogP contribution in [0.5, 0.6) is 0 Å². The van der Waals surface area contributed by atoms with Gasteiger partial charge in [0.25, 0.3) is 0 Å².